The fraction of sp³-hybridized carbons (Fsp3) is 0.269. The van der Waals surface area contributed by atoms with Crippen LogP contribution < -0.4 is 14.8 Å². The molecule has 1 N–H and O–H groups in total. The first-order valence-corrected chi connectivity index (χ1v) is 12.0. The van der Waals surface area contributed by atoms with Crippen molar-refractivity contribution in [2.24, 2.45) is 4.99 Å². The Morgan fingerprint density at radius 1 is 1.11 bits per heavy atom. The number of fused-ring (bicyclic) bond motifs is 1. The summed E-state index contributed by atoms with van der Waals surface area (Å²) in [6.45, 7) is 2.02. The van der Waals surface area contributed by atoms with Crippen LogP contribution >= 0.6 is 11.8 Å². The maximum absolute atomic E-state index is 13.2. The number of carbonyl (C=O) groups excluding carboxylic acids is 2. The standard InChI is InChI=1S/C26H26FN3O5S/c1-15-23(25(32)35-4)24(20-12-19(33-2)9-10-21(20)34-3)30-18(14-36-26(30)29-15)11-22(31)28-13-16-5-7-17(27)8-6-16/h5-10,12,14,24H,11,13H2,1-4H3,(H,28,31)/t24-/m0/s1. The quantitative estimate of drug-likeness (QED) is 0.529. The number of methoxy groups -OCH3 is 3. The van der Waals surface area contributed by atoms with E-state index in [1.54, 1.807) is 51.5 Å². The van der Waals surface area contributed by atoms with E-state index in [2.05, 4.69) is 10.3 Å². The van der Waals surface area contributed by atoms with E-state index >= 15 is 0 Å². The Labute approximate surface area is 212 Å². The predicted molar refractivity (Wildman–Crippen MR) is 135 cm³/mol. The Morgan fingerprint density at radius 3 is 2.53 bits per heavy atom. The highest BCUT2D eigenvalue weighted by atomic mass is 32.2. The number of esters is 1. The molecule has 2 aromatic rings. The molecule has 4 rings (SSSR count). The second kappa shape index (κ2) is 10.9. The molecular formula is C26H26FN3O5S. The number of ether oxygens (including phenoxy) is 3. The zero-order valence-corrected chi connectivity index (χ0v) is 21.1. The van der Waals surface area contributed by atoms with Crippen LogP contribution in [0.3, 0.4) is 0 Å². The minimum atomic E-state index is -0.652. The van der Waals surface area contributed by atoms with Gasteiger partial charge in [0, 0.05) is 17.8 Å². The molecule has 0 unspecified atom stereocenters. The van der Waals surface area contributed by atoms with Crippen LogP contribution in [-0.4, -0.2) is 43.3 Å². The molecule has 0 fully saturated rings. The second-order valence-corrected chi connectivity index (χ2v) is 8.91. The third kappa shape index (κ3) is 5.08. The van der Waals surface area contributed by atoms with Gasteiger partial charge in [0.2, 0.25) is 5.91 Å². The Hall–Kier alpha value is -3.79. The van der Waals surface area contributed by atoms with E-state index in [0.29, 0.717) is 39.2 Å². The first-order chi connectivity index (χ1) is 17.4. The number of hydrogen-bond donors (Lipinski definition) is 1. The molecule has 0 spiro atoms. The van der Waals surface area contributed by atoms with Gasteiger partial charge in [0.1, 0.15) is 17.3 Å². The van der Waals surface area contributed by atoms with E-state index in [9.17, 15) is 14.0 Å². The van der Waals surface area contributed by atoms with Crippen molar-refractivity contribution in [2.45, 2.75) is 25.9 Å². The van der Waals surface area contributed by atoms with E-state index in [-0.39, 0.29) is 24.7 Å². The Kier molecular flexibility index (Phi) is 7.64. The van der Waals surface area contributed by atoms with Crippen molar-refractivity contribution in [1.82, 2.24) is 10.2 Å². The minimum absolute atomic E-state index is 0.0451. The smallest absolute Gasteiger partial charge is 0.338 e. The molecule has 2 aromatic carbocycles. The van der Waals surface area contributed by atoms with Gasteiger partial charge in [-0.15, -0.1) is 0 Å². The lowest BCUT2D eigenvalue weighted by Gasteiger charge is -2.36. The van der Waals surface area contributed by atoms with E-state index in [0.717, 1.165) is 5.56 Å². The molecule has 2 heterocycles. The minimum Gasteiger partial charge on any atom is -0.497 e. The summed E-state index contributed by atoms with van der Waals surface area (Å²) in [6.07, 6.45) is 0.0451. The molecule has 10 heteroatoms. The maximum Gasteiger partial charge on any atom is 0.338 e. The molecule has 2 aliphatic heterocycles. The first-order valence-electron chi connectivity index (χ1n) is 11.1. The summed E-state index contributed by atoms with van der Waals surface area (Å²) < 4.78 is 29.3. The number of benzene rings is 2. The number of nitrogens with zero attached hydrogens (tertiary/aromatic N) is 2. The number of amidine groups is 1. The van der Waals surface area contributed by atoms with Crippen molar-refractivity contribution in [1.29, 1.82) is 0 Å². The van der Waals surface area contributed by atoms with Gasteiger partial charge in [-0.05, 0) is 48.2 Å². The number of aliphatic imine (C=N–C) groups is 1. The number of carbonyl (C=O) groups is 2. The zero-order chi connectivity index (χ0) is 25.8. The van der Waals surface area contributed by atoms with Crippen molar-refractivity contribution < 1.29 is 28.2 Å². The summed E-state index contributed by atoms with van der Waals surface area (Å²) >= 11 is 1.37. The average molecular weight is 512 g/mol. The SMILES string of the molecule is COC(=O)C1=C(C)N=C2SC=C(CC(=O)NCc3ccc(F)cc3)N2[C@H]1c1cc(OC)ccc1OC. The summed E-state index contributed by atoms with van der Waals surface area (Å²) in [7, 11) is 4.43. The number of hydrogen-bond acceptors (Lipinski definition) is 8. The largest absolute Gasteiger partial charge is 0.497 e. The third-order valence-corrected chi connectivity index (χ3v) is 6.77. The molecule has 36 heavy (non-hydrogen) atoms. The van der Waals surface area contributed by atoms with Crippen LogP contribution in [0.4, 0.5) is 4.39 Å². The first kappa shape index (κ1) is 25.3. The summed E-state index contributed by atoms with van der Waals surface area (Å²) in [5.74, 6) is 0.0511. The average Bonchev–Trinajstić information content (AvgIpc) is 3.28. The Bertz CT molecular complexity index is 1270. The summed E-state index contributed by atoms with van der Waals surface area (Å²) in [4.78, 5) is 32.3. The molecule has 188 valence electrons. The Balaban J connectivity index is 1.66. The van der Waals surface area contributed by atoms with E-state index in [1.165, 1.54) is 31.0 Å². The Morgan fingerprint density at radius 2 is 1.86 bits per heavy atom. The normalized spacial score (nSPS) is 16.7. The van der Waals surface area contributed by atoms with Crippen LogP contribution in [0.15, 0.2) is 69.8 Å². The van der Waals surface area contributed by atoms with Gasteiger partial charge < -0.3 is 24.4 Å². The topological polar surface area (TPSA) is 89.5 Å². The van der Waals surface area contributed by atoms with Crippen LogP contribution in [0.2, 0.25) is 0 Å². The highest BCUT2D eigenvalue weighted by Gasteiger charge is 2.42. The lowest BCUT2D eigenvalue weighted by Crippen LogP contribution is -2.38. The summed E-state index contributed by atoms with van der Waals surface area (Å²) in [5, 5.41) is 5.35. The fourth-order valence-electron chi connectivity index (χ4n) is 4.12. The molecule has 0 saturated carbocycles. The molecule has 0 radical (unpaired) electrons. The fourth-order valence-corrected chi connectivity index (χ4v) is 5.08. The third-order valence-electron chi connectivity index (χ3n) is 5.88. The van der Waals surface area contributed by atoms with Gasteiger partial charge in [-0.3, -0.25) is 4.79 Å². The van der Waals surface area contributed by atoms with Crippen LogP contribution in [0.25, 0.3) is 0 Å². The van der Waals surface area contributed by atoms with Gasteiger partial charge in [0.25, 0.3) is 0 Å². The maximum atomic E-state index is 13.2. The molecule has 0 aromatic heterocycles. The molecule has 1 atom stereocenters. The van der Waals surface area contributed by atoms with Gasteiger partial charge in [-0.25, -0.2) is 14.2 Å². The second-order valence-electron chi connectivity index (χ2n) is 8.07. The lowest BCUT2D eigenvalue weighted by atomic mass is 9.93. The molecule has 0 bridgehead atoms. The van der Waals surface area contributed by atoms with Crippen LogP contribution in [0.1, 0.15) is 30.5 Å². The van der Waals surface area contributed by atoms with E-state index < -0.39 is 12.0 Å². The predicted octanol–water partition coefficient (Wildman–Crippen LogP) is 4.30. The zero-order valence-electron chi connectivity index (χ0n) is 20.3. The van der Waals surface area contributed by atoms with Gasteiger partial charge >= 0.3 is 5.97 Å². The van der Waals surface area contributed by atoms with Gasteiger partial charge in [-0.2, -0.15) is 0 Å². The number of amides is 1. The van der Waals surface area contributed by atoms with Crippen LogP contribution in [0.5, 0.6) is 11.5 Å². The van der Waals surface area contributed by atoms with Crippen LogP contribution in [-0.2, 0) is 20.9 Å². The molecule has 0 aliphatic carbocycles. The van der Waals surface area contributed by atoms with Crippen LogP contribution in [0, 0.1) is 5.82 Å². The highest BCUT2D eigenvalue weighted by Crippen LogP contribution is 2.47. The lowest BCUT2D eigenvalue weighted by molar-refractivity contribution is -0.136. The van der Waals surface area contributed by atoms with Gasteiger partial charge in [0.05, 0.1) is 45.1 Å². The van der Waals surface area contributed by atoms with E-state index in [4.69, 9.17) is 14.2 Å². The molecule has 0 saturated heterocycles. The number of allylic oxidation sites excluding steroid dienone is 1. The van der Waals surface area contributed by atoms with Crippen molar-refractivity contribution in [2.75, 3.05) is 21.3 Å². The molecular weight excluding hydrogens is 485 g/mol. The van der Waals surface area contributed by atoms with Gasteiger partial charge in [0.15, 0.2) is 5.17 Å². The highest BCUT2D eigenvalue weighted by molar-refractivity contribution is 8.16. The molecule has 8 nitrogen and oxygen atoms in total. The number of rotatable bonds is 8. The molecule has 2 aliphatic rings. The number of thioether (sulfide) groups is 1. The monoisotopic (exact) mass is 511 g/mol. The van der Waals surface area contributed by atoms with Gasteiger partial charge in [-0.1, -0.05) is 23.9 Å². The summed E-state index contributed by atoms with van der Waals surface area (Å²) in [6, 6.07) is 10.6. The van der Waals surface area contributed by atoms with E-state index in [1.807, 2.05) is 10.3 Å². The molecule has 1 amide bonds. The van der Waals surface area contributed by atoms with Crippen molar-refractivity contribution >= 4 is 28.8 Å². The van der Waals surface area contributed by atoms with Crippen molar-refractivity contribution in [3.05, 3.63) is 81.8 Å². The number of halogens is 1. The number of nitrogens with one attached hydrogen (secondary N) is 1. The van der Waals surface area contributed by atoms with Crippen molar-refractivity contribution in [3.8, 4) is 11.5 Å². The van der Waals surface area contributed by atoms with Crippen molar-refractivity contribution in [3.63, 3.8) is 0 Å². The summed E-state index contributed by atoms with van der Waals surface area (Å²) in [5.41, 5.74) is 2.98.